The molecule has 2 N–H and O–H groups in total. The van der Waals surface area contributed by atoms with Gasteiger partial charge in [-0.25, -0.2) is 0 Å². The molecule has 0 aromatic heterocycles. The fourth-order valence-corrected chi connectivity index (χ4v) is 1.88. The topological polar surface area (TPSA) is 50.4 Å². The van der Waals surface area contributed by atoms with Crippen LogP contribution in [0.2, 0.25) is 0 Å². The minimum absolute atomic E-state index is 0.0483. The number of hydrogen-bond acceptors (Lipinski definition) is 3. The van der Waals surface area contributed by atoms with E-state index in [1.807, 2.05) is 24.3 Å². The summed E-state index contributed by atoms with van der Waals surface area (Å²) in [6.07, 6.45) is 0.908. The lowest BCUT2D eigenvalue weighted by Crippen LogP contribution is -2.48. The molecule has 0 saturated carbocycles. The number of nitrogens with one attached hydrogen (secondary N) is 2. The van der Waals surface area contributed by atoms with Crippen LogP contribution in [0.5, 0.6) is 5.75 Å². The van der Waals surface area contributed by atoms with Gasteiger partial charge in [0.1, 0.15) is 5.75 Å². The molecule has 1 amide bonds. The van der Waals surface area contributed by atoms with E-state index in [-0.39, 0.29) is 12.5 Å². The zero-order valence-electron chi connectivity index (χ0n) is 10.7. The minimum atomic E-state index is -0.0483. The number of benzene rings is 1. The van der Waals surface area contributed by atoms with Gasteiger partial charge in [-0.05, 0) is 18.1 Å². The summed E-state index contributed by atoms with van der Waals surface area (Å²) in [6, 6.07) is 7.83. The summed E-state index contributed by atoms with van der Waals surface area (Å²) in [5.41, 5.74) is 1.13. The van der Waals surface area contributed by atoms with Crippen molar-refractivity contribution in [3.8, 4) is 5.75 Å². The van der Waals surface area contributed by atoms with Crippen LogP contribution in [0.1, 0.15) is 12.5 Å². The number of para-hydroxylation sites is 1. The summed E-state index contributed by atoms with van der Waals surface area (Å²) >= 11 is 0. The smallest absolute Gasteiger partial charge is 0.257 e. The predicted molar refractivity (Wildman–Crippen MR) is 70.7 cm³/mol. The molecule has 1 heterocycles. The van der Waals surface area contributed by atoms with Gasteiger partial charge >= 0.3 is 0 Å². The highest BCUT2D eigenvalue weighted by Crippen LogP contribution is 2.17. The predicted octanol–water partition coefficient (Wildman–Crippen LogP) is 0.963. The lowest BCUT2D eigenvalue weighted by molar-refractivity contribution is -0.123. The molecule has 0 radical (unpaired) electrons. The summed E-state index contributed by atoms with van der Waals surface area (Å²) in [7, 11) is 0. The Bertz CT molecular complexity index is 403. The van der Waals surface area contributed by atoms with E-state index in [0.717, 1.165) is 37.4 Å². The Balaban J connectivity index is 1.74. The van der Waals surface area contributed by atoms with Crippen molar-refractivity contribution in [1.29, 1.82) is 0 Å². The number of carbonyl (C=O) groups excluding carboxylic acids is 1. The molecule has 0 atom stereocenters. The van der Waals surface area contributed by atoms with Gasteiger partial charge in [-0.15, -0.1) is 0 Å². The van der Waals surface area contributed by atoms with Crippen LogP contribution in [-0.2, 0) is 11.2 Å². The number of aryl methyl sites for hydroxylation is 1. The van der Waals surface area contributed by atoms with Crippen LogP contribution in [-0.4, -0.2) is 32.1 Å². The maximum Gasteiger partial charge on any atom is 0.257 e. The number of rotatable bonds is 6. The second kappa shape index (κ2) is 6.40. The molecular formula is C14H20N2O2. The first-order valence-corrected chi connectivity index (χ1v) is 6.47. The molecule has 1 aliphatic heterocycles. The van der Waals surface area contributed by atoms with E-state index in [1.54, 1.807) is 0 Å². The molecule has 1 aliphatic rings. The summed E-state index contributed by atoms with van der Waals surface area (Å²) in [5, 5.41) is 6.06. The van der Waals surface area contributed by atoms with Gasteiger partial charge in [0.2, 0.25) is 0 Å². The van der Waals surface area contributed by atoms with Crippen LogP contribution in [0.15, 0.2) is 24.3 Å². The summed E-state index contributed by atoms with van der Waals surface area (Å²) in [4.78, 5) is 11.6. The lowest BCUT2D eigenvalue weighted by atomic mass is 10.0. The third kappa shape index (κ3) is 3.47. The SMILES string of the molecule is CCc1ccccc1OCC(=O)NCC1CNC1. The van der Waals surface area contributed by atoms with Crippen molar-refractivity contribution in [3.63, 3.8) is 0 Å². The monoisotopic (exact) mass is 248 g/mol. The van der Waals surface area contributed by atoms with E-state index in [4.69, 9.17) is 4.74 Å². The molecule has 1 fully saturated rings. The maximum absolute atomic E-state index is 11.6. The standard InChI is InChI=1S/C14H20N2O2/c1-2-12-5-3-4-6-13(12)18-10-14(17)16-9-11-7-15-8-11/h3-6,11,15H,2,7-10H2,1H3,(H,16,17). The Labute approximate surface area is 108 Å². The van der Waals surface area contributed by atoms with Crippen LogP contribution in [0.4, 0.5) is 0 Å². The molecule has 0 unspecified atom stereocenters. The van der Waals surface area contributed by atoms with Crippen molar-refractivity contribution < 1.29 is 9.53 Å². The second-order valence-corrected chi connectivity index (χ2v) is 4.58. The third-order valence-electron chi connectivity index (χ3n) is 3.17. The quantitative estimate of drug-likeness (QED) is 0.788. The first-order chi connectivity index (χ1) is 8.79. The lowest BCUT2D eigenvalue weighted by Gasteiger charge is -2.27. The average molecular weight is 248 g/mol. The number of amides is 1. The van der Waals surface area contributed by atoms with Crippen LogP contribution in [0.3, 0.4) is 0 Å². The van der Waals surface area contributed by atoms with Crippen molar-refractivity contribution in [3.05, 3.63) is 29.8 Å². The number of carbonyl (C=O) groups is 1. The first kappa shape index (κ1) is 12.9. The Kier molecular flexibility index (Phi) is 4.59. The van der Waals surface area contributed by atoms with Gasteiger partial charge in [0.05, 0.1) is 0 Å². The minimum Gasteiger partial charge on any atom is -0.483 e. The van der Waals surface area contributed by atoms with E-state index in [1.165, 1.54) is 0 Å². The second-order valence-electron chi connectivity index (χ2n) is 4.58. The largest absolute Gasteiger partial charge is 0.483 e. The fraction of sp³-hybridized carbons (Fsp3) is 0.500. The zero-order valence-corrected chi connectivity index (χ0v) is 10.7. The van der Waals surface area contributed by atoms with Crippen molar-refractivity contribution in [2.45, 2.75) is 13.3 Å². The molecule has 0 aliphatic carbocycles. The van der Waals surface area contributed by atoms with Crippen LogP contribution in [0, 0.1) is 5.92 Å². The third-order valence-corrected chi connectivity index (χ3v) is 3.17. The van der Waals surface area contributed by atoms with E-state index >= 15 is 0 Å². The fourth-order valence-electron chi connectivity index (χ4n) is 1.88. The molecule has 1 aromatic rings. The molecule has 4 nitrogen and oxygen atoms in total. The molecule has 0 spiro atoms. The van der Waals surface area contributed by atoms with Gasteiger partial charge < -0.3 is 15.4 Å². The van der Waals surface area contributed by atoms with E-state index in [9.17, 15) is 4.79 Å². The van der Waals surface area contributed by atoms with Crippen molar-refractivity contribution in [2.24, 2.45) is 5.92 Å². The molecule has 1 aromatic carbocycles. The Morgan fingerprint density at radius 3 is 2.89 bits per heavy atom. The highest BCUT2D eigenvalue weighted by atomic mass is 16.5. The van der Waals surface area contributed by atoms with Crippen LogP contribution in [0.25, 0.3) is 0 Å². The number of ether oxygens (including phenoxy) is 1. The van der Waals surface area contributed by atoms with Gasteiger partial charge in [-0.2, -0.15) is 0 Å². The highest BCUT2D eigenvalue weighted by Gasteiger charge is 2.17. The summed E-state index contributed by atoms with van der Waals surface area (Å²) in [5.74, 6) is 1.34. The van der Waals surface area contributed by atoms with Crippen molar-refractivity contribution >= 4 is 5.91 Å². The van der Waals surface area contributed by atoms with E-state index in [0.29, 0.717) is 5.92 Å². The Hall–Kier alpha value is -1.55. The van der Waals surface area contributed by atoms with Crippen molar-refractivity contribution in [2.75, 3.05) is 26.2 Å². The summed E-state index contributed by atoms with van der Waals surface area (Å²) in [6.45, 7) is 4.91. The van der Waals surface area contributed by atoms with Gasteiger partial charge in [-0.1, -0.05) is 25.1 Å². The first-order valence-electron chi connectivity index (χ1n) is 6.47. The molecule has 4 heteroatoms. The number of hydrogen-bond donors (Lipinski definition) is 2. The van der Waals surface area contributed by atoms with Crippen LogP contribution < -0.4 is 15.4 Å². The van der Waals surface area contributed by atoms with Gasteiger partial charge in [0.25, 0.3) is 5.91 Å². The van der Waals surface area contributed by atoms with Gasteiger partial charge in [0.15, 0.2) is 6.61 Å². The molecule has 18 heavy (non-hydrogen) atoms. The molecule has 1 saturated heterocycles. The van der Waals surface area contributed by atoms with Crippen LogP contribution >= 0.6 is 0 Å². The normalized spacial score (nSPS) is 14.9. The average Bonchev–Trinajstić information content (AvgIpc) is 2.35. The Morgan fingerprint density at radius 2 is 2.22 bits per heavy atom. The molecule has 98 valence electrons. The Morgan fingerprint density at radius 1 is 1.44 bits per heavy atom. The van der Waals surface area contributed by atoms with Gasteiger partial charge in [0, 0.05) is 25.6 Å². The molecular weight excluding hydrogens is 228 g/mol. The summed E-state index contributed by atoms with van der Waals surface area (Å²) < 4.78 is 5.55. The van der Waals surface area contributed by atoms with E-state index in [2.05, 4.69) is 17.6 Å². The maximum atomic E-state index is 11.6. The zero-order chi connectivity index (χ0) is 12.8. The van der Waals surface area contributed by atoms with Crippen molar-refractivity contribution in [1.82, 2.24) is 10.6 Å². The highest BCUT2D eigenvalue weighted by molar-refractivity contribution is 5.77. The van der Waals surface area contributed by atoms with Gasteiger partial charge in [-0.3, -0.25) is 4.79 Å². The molecule has 2 rings (SSSR count). The molecule has 0 bridgehead atoms. The van der Waals surface area contributed by atoms with E-state index < -0.39 is 0 Å².